The van der Waals surface area contributed by atoms with Crippen molar-refractivity contribution in [3.63, 3.8) is 0 Å². The molecule has 0 aliphatic heterocycles. The molecule has 2 rings (SSSR count). The zero-order valence-electron chi connectivity index (χ0n) is 10.5. The summed E-state index contributed by atoms with van der Waals surface area (Å²) in [6.07, 6.45) is 10.0. The van der Waals surface area contributed by atoms with E-state index >= 15 is 0 Å². The molecule has 1 aromatic rings. The fourth-order valence-electron chi connectivity index (χ4n) is 2.62. The summed E-state index contributed by atoms with van der Waals surface area (Å²) in [6, 6.07) is 4.52. The molecule has 0 N–H and O–H groups in total. The van der Waals surface area contributed by atoms with Gasteiger partial charge in [-0.1, -0.05) is 37.3 Å². The number of hydrogen-bond donors (Lipinski definition) is 0. The first-order valence-corrected chi connectivity index (χ1v) is 6.94. The Balaban J connectivity index is 1.93. The van der Waals surface area contributed by atoms with E-state index in [1.54, 1.807) is 6.20 Å². The maximum atomic E-state index is 5.98. The Morgan fingerprint density at radius 1 is 1.29 bits per heavy atom. The first-order chi connectivity index (χ1) is 8.25. The van der Waals surface area contributed by atoms with Crippen molar-refractivity contribution in [3.05, 3.63) is 29.0 Å². The molecule has 1 heterocycles. The summed E-state index contributed by atoms with van der Waals surface area (Å²) >= 11 is 5.98. The molecule has 1 saturated carbocycles. The standard InChI is InChI=1S/C14H21ClN2/c1-17(14-6-4-2-3-5-7-14)11-13-10-12(15)8-9-16-13/h8-10,14H,2-7,11H2,1H3. The minimum absolute atomic E-state index is 0.721. The Kier molecular flexibility index (Phi) is 4.81. The minimum atomic E-state index is 0.721. The zero-order valence-corrected chi connectivity index (χ0v) is 11.3. The SMILES string of the molecule is CN(Cc1cc(Cl)ccn1)C1CCCCCC1. The largest absolute Gasteiger partial charge is 0.298 e. The fourth-order valence-corrected chi connectivity index (χ4v) is 2.80. The number of hydrogen-bond acceptors (Lipinski definition) is 2. The van der Waals surface area contributed by atoms with Crippen molar-refractivity contribution in [1.82, 2.24) is 9.88 Å². The van der Waals surface area contributed by atoms with E-state index in [1.165, 1.54) is 38.5 Å². The van der Waals surface area contributed by atoms with E-state index in [0.29, 0.717) is 0 Å². The number of aromatic nitrogens is 1. The van der Waals surface area contributed by atoms with Gasteiger partial charge in [0.15, 0.2) is 0 Å². The van der Waals surface area contributed by atoms with Crippen molar-refractivity contribution in [3.8, 4) is 0 Å². The summed E-state index contributed by atoms with van der Waals surface area (Å²) in [5, 5.41) is 0.782. The average Bonchev–Trinajstić information content (AvgIpc) is 2.57. The molecule has 94 valence electrons. The third kappa shape index (κ3) is 3.97. The van der Waals surface area contributed by atoms with E-state index in [4.69, 9.17) is 11.6 Å². The quantitative estimate of drug-likeness (QED) is 0.759. The molecule has 0 saturated heterocycles. The molecule has 1 aromatic heterocycles. The second kappa shape index (κ2) is 6.36. The second-order valence-electron chi connectivity index (χ2n) is 5.03. The van der Waals surface area contributed by atoms with Gasteiger partial charge in [0.05, 0.1) is 5.69 Å². The molecule has 0 amide bonds. The highest BCUT2D eigenvalue weighted by Crippen LogP contribution is 2.22. The van der Waals surface area contributed by atoms with Crippen LogP contribution in [0.5, 0.6) is 0 Å². The van der Waals surface area contributed by atoms with Crippen molar-refractivity contribution in [2.24, 2.45) is 0 Å². The van der Waals surface area contributed by atoms with Crippen molar-refractivity contribution in [2.45, 2.75) is 51.1 Å². The first-order valence-electron chi connectivity index (χ1n) is 6.56. The Labute approximate surface area is 109 Å². The topological polar surface area (TPSA) is 16.1 Å². The third-order valence-corrected chi connectivity index (χ3v) is 3.87. The lowest BCUT2D eigenvalue weighted by molar-refractivity contribution is 0.211. The summed E-state index contributed by atoms with van der Waals surface area (Å²) in [4.78, 5) is 6.81. The lowest BCUT2D eigenvalue weighted by Gasteiger charge is -2.26. The number of rotatable bonds is 3. The van der Waals surface area contributed by atoms with Gasteiger partial charge in [0.25, 0.3) is 0 Å². The number of nitrogens with zero attached hydrogens (tertiary/aromatic N) is 2. The maximum absolute atomic E-state index is 5.98. The van der Waals surface area contributed by atoms with Gasteiger partial charge in [-0.05, 0) is 32.0 Å². The molecule has 1 aliphatic rings. The molecule has 17 heavy (non-hydrogen) atoms. The van der Waals surface area contributed by atoms with Crippen molar-refractivity contribution in [1.29, 1.82) is 0 Å². The Morgan fingerprint density at radius 2 is 2.00 bits per heavy atom. The molecule has 0 unspecified atom stereocenters. The van der Waals surface area contributed by atoms with Crippen molar-refractivity contribution in [2.75, 3.05) is 7.05 Å². The Hall–Kier alpha value is -0.600. The average molecular weight is 253 g/mol. The summed E-state index contributed by atoms with van der Waals surface area (Å²) in [5.41, 5.74) is 1.07. The normalized spacial score (nSPS) is 18.3. The van der Waals surface area contributed by atoms with Crippen LogP contribution < -0.4 is 0 Å². The van der Waals surface area contributed by atoms with Gasteiger partial charge in [-0.3, -0.25) is 9.88 Å². The van der Waals surface area contributed by atoms with Crippen LogP contribution in [0.2, 0.25) is 5.02 Å². The Morgan fingerprint density at radius 3 is 2.65 bits per heavy atom. The van der Waals surface area contributed by atoms with E-state index in [1.807, 2.05) is 12.1 Å². The van der Waals surface area contributed by atoms with Gasteiger partial charge in [-0.25, -0.2) is 0 Å². The van der Waals surface area contributed by atoms with Crippen LogP contribution in [0.4, 0.5) is 0 Å². The van der Waals surface area contributed by atoms with Gasteiger partial charge >= 0.3 is 0 Å². The van der Waals surface area contributed by atoms with E-state index in [9.17, 15) is 0 Å². The van der Waals surface area contributed by atoms with Crippen LogP contribution in [0, 0.1) is 0 Å². The maximum Gasteiger partial charge on any atom is 0.0558 e. The highest BCUT2D eigenvalue weighted by molar-refractivity contribution is 6.30. The number of pyridine rings is 1. The molecule has 0 bridgehead atoms. The van der Waals surface area contributed by atoms with Crippen molar-refractivity contribution < 1.29 is 0 Å². The highest BCUT2D eigenvalue weighted by atomic mass is 35.5. The van der Waals surface area contributed by atoms with E-state index in [0.717, 1.165) is 23.3 Å². The van der Waals surface area contributed by atoms with Crippen LogP contribution in [0.25, 0.3) is 0 Å². The van der Waals surface area contributed by atoms with Gasteiger partial charge in [-0.2, -0.15) is 0 Å². The molecule has 3 heteroatoms. The summed E-state index contributed by atoms with van der Waals surface area (Å²) < 4.78 is 0. The van der Waals surface area contributed by atoms with Crippen molar-refractivity contribution >= 4 is 11.6 Å². The third-order valence-electron chi connectivity index (χ3n) is 3.64. The van der Waals surface area contributed by atoms with Crippen LogP contribution in [0.3, 0.4) is 0 Å². The van der Waals surface area contributed by atoms with Crippen LogP contribution in [-0.4, -0.2) is 23.0 Å². The smallest absolute Gasteiger partial charge is 0.0558 e. The predicted octanol–water partition coefficient (Wildman–Crippen LogP) is 3.89. The molecule has 1 fully saturated rings. The summed E-state index contributed by atoms with van der Waals surface area (Å²) in [5.74, 6) is 0. The van der Waals surface area contributed by atoms with E-state index in [2.05, 4.69) is 16.9 Å². The van der Waals surface area contributed by atoms with Crippen LogP contribution in [0.15, 0.2) is 18.3 Å². The van der Waals surface area contributed by atoms with Gasteiger partial charge in [0, 0.05) is 23.8 Å². The number of halogens is 1. The van der Waals surface area contributed by atoms with Crippen LogP contribution in [-0.2, 0) is 6.54 Å². The zero-order chi connectivity index (χ0) is 12.1. The summed E-state index contributed by atoms with van der Waals surface area (Å²) in [7, 11) is 2.21. The van der Waals surface area contributed by atoms with Crippen LogP contribution in [0.1, 0.15) is 44.2 Å². The van der Waals surface area contributed by atoms with Gasteiger partial charge in [0.1, 0.15) is 0 Å². The monoisotopic (exact) mass is 252 g/mol. The molecular formula is C14H21ClN2. The summed E-state index contributed by atoms with van der Waals surface area (Å²) in [6.45, 7) is 0.908. The van der Waals surface area contributed by atoms with Crippen LogP contribution >= 0.6 is 11.6 Å². The second-order valence-corrected chi connectivity index (χ2v) is 5.46. The predicted molar refractivity (Wildman–Crippen MR) is 72.2 cm³/mol. The Bertz CT molecular complexity index is 346. The van der Waals surface area contributed by atoms with Gasteiger partial charge < -0.3 is 0 Å². The molecule has 0 radical (unpaired) electrons. The molecular weight excluding hydrogens is 232 g/mol. The van der Waals surface area contributed by atoms with E-state index < -0.39 is 0 Å². The fraction of sp³-hybridized carbons (Fsp3) is 0.643. The van der Waals surface area contributed by atoms with E-state index in [-0.39, 0.29) is 0 Å². The van der Waals surface area contributed by atoms with Gasteiger partial charge in [-0.15, -0.1) is 0 Å². The molecule has 0 spiro atoms. The lowest BCUT2D eigenvalue weighted by atomic mass is 10.1. The molecule has 1 aliphatic carbocycles. The van der Waals surface area contributed by atoms with Gasteiger partial charge in [0.2, 0.25) is 0 Å². The highest BCUT2D eigenvalue weighted by Gasteiger charge is 2.17. The molecule has 0 atom stereocenters. The molecule has 2 nitrogen and oxygen atoms in total. The lowest BCUT2D eigenvalue weighted by Crippen LogP contribution is -2.31. The minimum Gasteiger partial charge on any atom is -0.298 e. The first kappa shape index (κ1) is 12.8. The molecule has 0 aromatic carbocycles.